The number of nitrogens with one attached hydrogen (secondary N) is 1. The van der Waals surface area contributed by atoms with Crippen LogP contribution in [0.25, 0.3) is 0 Å². The van der Waals surface area contributed by atoms with Gasteiger partial charge in [-0.1, -0.05) is 24.3 Å². The zero-order valence-electron chi connectivity index (χ0n) is 11.7. The molecule has 0 radical (unpaired) electrons. The van der Waals surface area contributed by atoms with Gasteiger partial charge in [-0.25, -0.2) is 0 Å². The molecule has 102 valence electrons. The molecule has 19 heavy (non-hydrogen) atoms. The molecule has 1 aliphatic carbocycles. The summed E-state index contributed by atoms with van der Waals surface area (Å²) in [7, 11) is 0. The van der Waals surface area contributed by atoms with E-state index in [1.165, 1.54) is 11.1 Å². The van der Waals surface area contributed by atoms with Gasteiger partial charge in [0.25, 0.3) is 0 Å². The third kappa shape index (κ3) is 2.39. The number of benzene rings is 1. The number of rotatable bonds is 2. The molecule has 1 saturated heterocycles. The van der Waals surface area contributed by atoms with Crippen LogP contribution in [0.15, 0.2) is 24.3 Å². The van der Waals surface area contributed by atoms with Crippen LogP contribution in [0.4, 0.5) is 0 Å². The van der Waals surface area contributed by atoms with Gasteiger partial charge in [-0.15, -0.1) is 0 Å². The fourth-order valence-corrected chi connectivity index (χ4v) is 3.20. The minimum atomic E-state index is 0.224. The second-order valence-corrected chi connectivity index (χ2v) is 5.89. The number of carbonyl (C=O) groups excluding carboxylic acids is 1. The Labute approximate surface area is 115 Å². The smallest absolute Gasteiger partial charge is 0.226 e. The summed E-state index contributed by atoms with van der Waals surface area (Å²) in [5.74, 6) is 1.04. The quantitative estimate of drug-likeness (QED) is 0.879. The van der Waals surface area contributed by atoms with Crippen molar-refractivity contribution in [2.24, 2.45) is 5.92 Å². The highest BCUT2D eigenvalue weighted by Gasteiger charge is 2.47. The molecule has 0 bridgehead atoms. The van der Waals surface area contributed by atoms with Crippen molar-refractivity contribution in [3.8, 4) is 0 Å². The van der Waals surface area contributed by atoms with Gasteiger partial charge in [0.15, 0.2) is 0 Å². The Morgan fingerprint density at radius 3 is 2.89 bits per heavy atom. The topological polar surface area (TPSA) is 32.3 Å². The lowest BCUT2D eigenvalue weighted by Gasteiger charge is -2.34. The minimum absolute atomic E-state index is 0.224. The van der Waals surface area contributed by atoms with Crippen molar-refractivity contribution in [3.63, 3.8) is 0 Å². The van der Waals surface area contributed by atoms with E-state index in [-0.39, 0.29) is 5.92 Å². The van der Waals surface area contributed by atoms with E-state index in [1.807, 2.05) is 0 Å². The SMILES string of the molecule is Cc1ccccc1[C@@H]1C[C@@H]1C(=O)N1CCNC[C@H]1C. The lowest BCUT2D eigenvalue weighted by Crippen LogP contribution is -2.52. The van der Waals surface area contributed by atoms with Crippen LogP contribution in [-0.2, 0) is 4.79 Å². The van der Waals surface area contributed by atoms with Gasteiger partial charge in [0.1, 0.15) is 0 Å². The summed E-state index contributed by atoms with van der Waals surface area (Å²) < 4.78 is 0. The summed E-state index contributed by atoms with van der Waals surface area (Å²) in [6.45, 7) is 6.99. The molecule has 1 N–H and O–H groups in total. The summed E-state index contributed by atoms with van der Waals surface area (Å²) in [6.07, 6.45) is 1.03. The molecule has 1 aliphatic heterocycles. The first kappa shape index (κ1) is 12.7. The van der Waals surface area contributed by atoms with E-state index in [4.69, 9.17) is 0 Å². The van der Waals surface area contributed by atoms with Crippen LogP contribution in [0.5, 0.6) is 0 Å². The molecule has 1 aromatic carbocycles. The van der Waals surface area contributed by atoms with E-state index in [0.717, 1.165) is 26.1 Å². The molecule has 0 aromatic heterocycles. The van der Waals surface area contributed by atoms with Gasteiger partial charge < -0.3 is 10.2 Å². The Morgan fingerprint density at radius 2 is 2.16 bits per heavy atom. The Hall–Kier alpha value is -1.35. The maximum absolute atomic E-state index is 12.6. The van der Waals surface area contributed by atoms with Crippen LogP contribution in [-0.4, -0.2) is 36.5 Å². The van der Waals surface area contributed by atoms with Crippen molar-refractivity contribution in [1.29, 1.82) is 0 Å². The number of amides is 1. The average molecular weight is 258 g/mol. The van der Waals surface area contributed by atoms with Gasteiger partial charge in [0.05, 0.1) is 0 Å². The standard InChI is InChI=1S/C16H22N2O/c1-11-5-3-4-6-13(11)14-9-15(14)16(19)18-8-7-17-10-12(18)2/h3-6,12,14-15,17H,7-10H2,1-2H3/t12-,14+,15+/m1/s1. The Morgan fingerprint density at radius 1 is 1.37 bits per heavy atom. The van der Waals surface area contributed by atoms with Crippen molar-refractivity contribution < 1.29 is 4.79 Å². The summed E-state index contributed by atoms with van der Waals surface area (Å²) >= 11 is 0. The molecule has 1 aromatic rings. The van der Waals surface area contributed by atoms with Crippen molar-refractivity contribution >= 4 is 5.91 Å². The predicted molar refractivity (Wildman–Crippen MR) is 76.1 cm³/mol. The van der Waals surface area contributed by atoms with Crippen molar-refractivity contribution in [2.45, 2.75) is 32.2 Å². The third-order valence-corrected chi connectivity index (χ3v) is 4.48. The van der Waals surface area contributed by atoms with Crippen molar-refractivity contribution in [3.05, 3.63) is 35.4 Å². The molecule has 3 nitrogen and oxygen atoms in total. The van der Waals surface area contributed by atoms with E-state index in [1.54, 1.807) is 0 Å². The molecule has 2 aliphatic rings. The van der Waals surface area contributed by atoms with Crippen LogP contribution in [0.1, 0.15) is 30.4 Å². The van der Waals surface area contributed by atoms with E-state index >= 15 is 0 Å². The number of carbonyl (C=O) groups is 1. The lowest BCUT2D eigenvalue weighted by atomic mass is 10.0. The number of hydrogen-bond donors (Lipinski definition) is 1. The van der Waals surface area contributed by atoms with Crippen LogP contribution in [0.2, 0.25) is 0 Å². The van der Waals surface area contributed by atoms with Crippen molar-refractivity contribution in [1.82, 2.24) is 10.2 Å². The van der Waals surface area contributed by atoms with E-state index < -0.39 is 0 Å². The highest BCUT2D eigenvalue weighted by Crippen LogP contribution is 2.49. The Bertz CT molecular complexity index is 485. The molecule has 3 rings (SSSR count). The molecule has 0 unspecified atom stereocenters. The zero-order chi connectivity index (χ0) is 13.4. The maximum atomic E-state index is 12.6. The average Bonchev–Trinajstić information content (AvgIpc) is 3.19. The summed E-state index contributed by atoms with van der Waals surface area (Å²) in [6, 6.07) is 8.79. The number of nitrogens with zero attached hydrogens (tertiary/aromatic N) is 1. The van der Waals surface area contributed by atoms with Crippen LogP contribution in [0, 0.1) is 12.8 Å². The lowest BCUT2D eigenvalue weighted by molar-refractivity contribution is -0.135. The molecule has 0 spiro atoms. The minimum Gasteiger partial charge on any atom is -0.337 e. The normalized spacial score (nSPS) is 30.2. The molecular formula is C16H22N2O. The molecule has 3 atom stereocenters. The summed E-state index contributed by atoms with van der Waals surface area (Å²) in [4.78, 5) is 14.6. The van der Waals surface area contributed by atoms with E-state index in [0.29, 0.717) is 17.9 Å². The molecular weight excluding hydrogens is 236 g/mol. The highest BCUT2D eigenvalue weighted by molar-refractivity contribution is 5.83. The zero-order valence-corrected chi connectivity index (χ0v) is 11.7. The maximum Gasteiger partial charge on any atom is 0.226 e. The third-order valence-electron chi connectivity index (χ3n) is 4.48. The van der Waals surface area contributed by atoms with Crippen LogP contribution in [0.3, 0.4) is 0 Å². The highest BCUT2D eigenvalue weighted by atomic mass is 16.2. The van der Waals surface area contributed by atoms with Gasteiger partial charge in [0, 0.05) is 31.6 Å². The van der Waals surface area contributed by atoms with Gasteiger partial charge in [0.2, 0.25) is 5.91 Å². The largest absolute Gasteiger partial charge is 0.337 e. The van der Waals surface area contributed by atoms with Gasteiger partial charge >= 0.3 is 0 Å². The van der Waals surface area contributed by atoms with Crippen LogP contribution < -0.4 is 5.32 Å². The van der Waals surface area contributed by atoms with Gasteiger partial charge in [-0.3, -0.25) is 4.79 Å². The second-order valence-electron chi connectivity index (χ2n) is 5.89. The first-order chi connectivity index (χ1) is 9.18. The second kappa shape index (κ2) is 4.97. The summed E-state index contributed by atoms with van der Waals surface area (Å²) in [5.41, 5.74) is 2.68. The van der Waals surface area contributed by atoms with E-state index in [9.17, 15) is 4.79 Å². The first-order valence-corrected chi connectivity index (χ1v) is 7.25. The van der Waals surface area contributed by atoms with Crippen molar-refractivity contribution in [2.75, 3.05) is 19.6 Å². The first-order valence-electron chi connectivity index (χ1n) is 7.25. The van der Waals surface area contributed by atoms with Crippen LogP contribution >= 0.6 is 0 Å². The fourth-order valence-electron chi connectivity index (χ4n) is 3.20. The number of aryl methyl sites for hydroxylation is 1. The van der Waals surface area contributed by atoms with Gasteiger partial charge in [-0.2, -0.15) is 0 Å². The molecule has 2 fully saturated rings. The number of piperazine rings is 1. The van der Waals surface area contributed by atoms with Gasteiger partial charge in [-0.05, 0) is 37.3 Å². The molecule has 1 amide bonds. The fraction of sp³-hybridized carbons (Fsp3) is 0.562. The predicted octanol–water partition coefficient (Wildman–Crippen LogP) is 1.92. The Kier molecular flexibility index (Phi) is 3.31. The number of hydrogen-bond acceptors (Lipinski definition) is 2. The summed E-state index contributed by atoms with van der Waals surface area (Å²) in [5, 5.41) is 3.34. The molecule has 1 saturated carbocycles. The Balaban J connectivity index is 1.69. The molecule has 1 heterocycles. The monoisotopic (exact) mass is 258 g/mol. The molecule has 3 heteroatoms. The van der Waals surface area contributed by atoms with E-state index in [2.05, 4.69) is 48.3 Å².